The number of carbonyl (C=O) groups is 1. The van der Waals surface area contributed by atoms with Crippen LogP contribution in [0.3, 0.4) is 0 Å². The number of hydrogen-bond acceptors (Lipinski definition) is 3. The van der Waals surface area contributed by atoms with E-state index in [9.17, 15) is 4.79 Å². The highest BCUT2D eigenvalue weighted by Gasteiger charge is 2.07. The molecule has 0 spiro atoms. The molecule has 0 bridgehead atoms. The Kier molecular flexibility index (Phi) is 3.44. The third kappa shape index (κ3) is 2.85. The van der Waals surface area contributed by atoms with Crippen molar-refractivity contribution in [2.45, 2.75) is 6.54 Å². The highest BCUT2D eigenvalue weighted by molar-refractivity contribution is 7.10. The third-order valence-corrected chi connectivity index (χ3v) is 3.45. The smallest absolute Gasteiger partial charge is 0.249 e. The molecule has 1 aromatic heterocycles. The quantitative estimate of drug-likeness (QED) is 0.901. The van der Waals surface area contributed by atoms with Gasteiger partial charge in [-0.15, -0.1) is 11.3 Å². The average Bonchev–Trinajstić information content (AvgIpc) is 2.79. The summed E-state index contributed by atoms with van der Waals surface area (Å²) in [7, 11) is 2.03. The first-order valence-electron chi connectivity index (χ1n) is 5.30. The van der Waals surface area contributed by atoms with Gasteiger partial charge in [0.25, 0.3) is 0 Å². The van der Waals surface area contributed by atoms with Gasteiger partial charge in [-0.2, -0.15) is 0 Å². The molecule has 0 saturated heterocycles. The largest absolute Gasteiger partial charge is 0.369 e. The second-order valence-corrected chi connectivity index (χ2v) is 4.85. The molecule has 17 heavy (non-hydrogen) atoms. The zero-order chi connectivity index (χ0) is 12.3. The van der Waals surface area contributed by atoms with Gasteiger partial charge in [-0.25, -0.2) is 0 Å². The molecule has 4 heteroatoms. The highest BCUT2D eigenvalue weighted by Crippen LogP contribution is 2.19. The second-order valence-electron chi connectivity index (χ2n) is 3.86. The number of primary amides is 1. The number of nitrogens with two attached hydrogens (primary N) is 1. The SMILES string of the molecule is CN(Cc1cc(C(N)=O)cs1)c1ccccc1. The van der Waals surface area contributed by atoms with Crippen LogP contribution in [0.4, 0.5) is 5.69 Å². The minimum atomic E-state index is -0.366. The van der Waals surface area contributed by atoms with Crippen LogP contribution < -0.4 is 10.6 Å². The lowest BCUT2D eigenvalue weighted by molar-refractivity contribution is 0.100. The van der Waals surface area contributed by atoms with E-state index in [1.54, 1.807) is 16.7 Å². The van der Waals surface area contributed by atoms with E-state index in [4.69, 9.17) is 5.73 Å². The molecular formula is C13H14N2OS. The summed E-state index contributed by atoms with van der Waals surface area (Å²) in [6.07, 6.45) is 0. The second kappa shape index (κ2) is 5.01. The minimum Gasteiger partial charge on any atom is -0.369 e. The summed E-state index contributed by atoms with van der Waals surface area (Å²) in [5.74, 6) is -0.366. The normalized spacial score (nSPS) is 10.2. The molecule has 2 rings (SSSR count). The van der Waals surface area contributed by atoms with Crippen LogP contribution in [0.5, 0.6) is 0 Å². The topological polar surface area (TPSA) is 46.3 Å². The van der Waals surface area contributed by atoms with E-state index in [-0.39, 0.29) is 5.91 Å². The van der Waals surface area contributed by atoms with Crippen molar-refractivity contribution in [3.05, 3.63) is 52.2 Å². The summed E-state index contributed by atoms with van der Waals surface area (Å²) < 4.78 is 0. The zero-order valence-corrected chi connectivity index (χ0v) is 10.4. The number of benzene rings is 1. The van der Waals surface area contributed by atoms with Gasteiger partial charge >= 0.3 is 0 Å². The molecule has 1 heterocycles. The van der Waals surface area contributed by atoms with Crippen molar-refractivity contribution in [3.63, 3.8) is 0 Å². The fraction of sp³-hybridized carbons (Fsp3) is 0.154. The third-order valence-electron chi connectivity index (χ3n) is 2.53. The lowest BCUT2D eigenvalue weighted by Gasteiger charge is -2.17. The zero-order valence-electron chi connectivity index (χ0n) is 9.59. The number of amides is 1. The van der Waals surface area contributed by atoms with Crippen molar-refractivity contribution in [1.29, 1.82) is 0 Å². The molecular weight excluding hydrogens is 232 g/mol. The van der Waals surface area contributed by atoms with Gasteiger partial charge in [0.15, 0.2) is 0 Å². The molecule has 0 unspecified atom stereocenters. The molecule has 0 atom stereocenters. The monoisotopic (exact) mass is 246 g/mol. The summed E-state index contributed by atoms with van der Waals surface area (Å²) >= 11 is 1.56. The Bertz CT molecular complexity index is 507. The van der Waals surface area contributed by atoms with E-state index in [2.05, 4.69) is 17.0 Å². The number of thiophene rings is 1. The summed E-state index contributed by atoms with van der Waals surface area (Å²) in [6.45, 7) is 0.780. The van der Waals surface area contributed by atoms with Crippen molar-refractivity contribution in [2.24, 2.45) is 5.73 Å². The van der Waals surface area contributed by atoms with Gasteiger partial charge in [-0.05, 0) is 18.2 Å². The van der Waals surface area contributed by atoms with Gasteiger partial charge in [-0.3, -0.25) is 4.79 Å². The van der Waals surface area contributed by atoms with Crippen molar-refractivity contribution < 1.29 is 4.79 Å². The van der Waals surface area contributed by atoms with E-state index in [0.717, 1.165) is 17.1 Å². The van der Waals surface area contributed by atoms with Crippen LogP contribution >= 0.6 is 11.3 Å². The number of hydrogen-bond donors (Lipinski definition) is 1. The predicted molar refractivity (Wildman–Crippen MR) is 71.4 cm³/mol. The van der Waals surface area contributed by atoms with Crippen LogP contribution in [-0.2, 0) is 6.54 Å². The Morgan fingerprint density at radius 3 is 2.65 bits per heavy atom. The van der Waals surface area contributed by atoms with Crippen molar-refractivity contribution in [2.75, 3.05) is 11.9 Å². The van der Waals surface area contributed by atoms with Crippen molar-refractivity contribution in [1.82, 2.24) is 0 Å². The van der Waals surface area contributed by atoms with Crippen LogP contribution in [0, 0.1) is 0 Å². The molecule has 0 aliphatic rings. The first-order chi connectivity index (χ1) is 8.16. The van der Waals surface area contributed by atoms with E-state index < -0.39 is 0 Å². The standard InChI is InChI=1S/C13H14N2OS/c1-15(11-5-3-2-4-6-11)8-12-7-10(9-17-12)13(14)16/h2-7,9H,8H2,1H3,(H2,14,16). The molecule has 0 aliphatic carbocycles. The van der Waals surface area contributed by atoms with E-state index in [0.29, 0.717) is 5.56 Å². The number of nitrogens with zero attached hydrogens (tertiary/aromatic N) is 1. The minimum absolute atomic E-state index is 0.366. The Labute approximate surface area is 104 Å². The number of rotatable bonds is 4. The van der Waals surface area contributed by atoms with Crippen LogP contribution in [0.1, 0.15) is 15.2 Å². The predicted octanol–water partition coefficient (Wildman–Crippen LogP) is 2.48. The molecule has 2 N–H and O–H groups in total. The van der Waals surface area contributed by atoms with Crippen LogP contribution in [-0.4, -0.2) is 13.0 Å². The van der Waals surface area contributed by atoms with Crippen LogP contribution in [0.15, 0.2) is 41.8 Å². The maximum atomic E-state index is 11.0. The molecule has 3 nitrogen and oxygen atoms in total. The maximum absolute atomic E-state index is 11.0. The van der Waals surface area contributed by atoms with Crippen molar-refractivity contribution >= 4 is 22.9 Å². The molecule has 1 amide bonds. The maximum Gasteiger partial charge on any atom is 0.249 e. The highest BCUT2D eigenvalue weighted by atomic mass is 32.1. The van der Waals surface area contributed by atoms with Crippen LogP contribution in [0.2, 0.25) is 0 Å². The summed E-state index contributed by atoms with van der Waals surface area (Å²) in [5, 5.41) is 1.80. The van der Waals surface area contributed by atoms with Crippen LogP contribution in [0.25, 0.3) is 0 Å². The number of anilines is 1. The fourth-order valence-corrected chi connectivity index (χ4v) is 2.53. The molecule has 0 radical (unpaired) electrons. The van der Waals surface area contributed by atoms with Gasteiger partial charge < -0.3 is 10.6 Å². The fourth-order valence-electron chi connectivity index (χ4n) is 1.60. The Morgan fingerprint density at radius 1 is 1.35 bits per heavy atom. The Hall–Kier alpha value is -1.81. The van der Waals surface area contributed by atoms with E-state index in [1.807, 2.05) is 31.3 Å². The molecule has 88 valence electrons. The van der Waals surface area contributed by atoms with Gasteiger partial charge in [0.1, 0.15) is 0 Å². The van der Waals surface area contributed by atoms with Gasteiger partial charge in [-0.1, -0.05) is 18.2 Å². The lowest BCUT2D eigenvalue weighted by Crippen LogP contribution is -2.15. The first kappa shape index (κ1) is 11.7. The average molecular weight is 246 g/mol. The van der Waals surface area contributed by atoms with Gasteiger partial charge in [0.05, 0.1) is 12.1 Å². The summed E-state index contributed by atoms with van der Waals surface area (Å²) in [5.41, 5.74) is 6.97. The van der Waals surface area contributed by atoms with Gasteiger partial charge in [0.2, 0.25) is 5.91 Å². The van der Waals surface area contributed by atoms with Gasteiger partial charge in [0, 0.05) is 23.0 Å². The Balaban J connectivity index is 2.08. The summed E-state index contributed by atoms with van der Waals surface area (Å²) in [4.78, 5) is 14.3. The first-order valence-corrected chi connectivity index (χ1v) is 6.18. The molecule has 0 aliphatic heterocycles. The molecule has 0 fully saturated rings. The van der Waals surface area contributed by atoms with Crippen molar-refractivity contribution in [3.8, 4) is 0 Å². The number of carbonyl (C=O) groups excluding carboxylic acids is 1. The summed E-state index contributed by atoms with van der Waals surface area (Å²) in [6, 6.07) is 12.0. The van der Waals surface area contributed by atoms with E-state index >= 15 is 0 Å². The van der Waals surface area contributed by atoms with E-state index in [1.165, 1.54) is 0 Å². The molecule has 2 aromatic rings. The number of para-hydroxylation sites is 1. The Morgan fingerprint density at radius 2 is 2.06 bits per heavy atom. The lowest BCUT2D eigenvalue weighted by atomic mass is 10.2. The molecule has 1 aromatic carbocycles. The molecule has 0 saturated carbocycles.